The van der Waals surface area contributed by atoms with Crippen LogP contribution in [0.25, 0.3) is 0 Å². The zero-order chi connectivity index (χ0) is 16.8. The van der Waals surface area contributed by atoms with E-state index < -0.39 is 0 Å². The molecule has 0 unspecified atom stereocenters. The maximum Gasteiger partial charge on any atom is 0.237 e. The van der Waals surface area contributed by atoms with E-state index in [2.05, 4.69) is 10.6 Å². The minimum absolute atomic E-state index is 0.0461. The van der Waals surface area contributed by atoms with E-state index in [1.807, 2.05) is 45.9 Å². The van der Waals surface area contributed by atoms with Crippen LogP contribution in [0.1, 0.15) is 52.1 Å². The van der Waals surface area contributed by atoms with Crippen LogP contribution in [-0.4, -0.2) is 31.2 Å². The molecule has 1 saturated carbocycles. The van der Waals surface area contributed by atoms with Crippen molar-refractivity contribution in [2.75, 3.05) is 13.2 Å². The summed E-state index contributed by atoms with van der Waals surface area (Å²) in [5, 5.41) is 6.36. The van der Waals surface area contributed by atoms with Crippen LogP contribution in [0.3, 0.4) is 0 Å². The van der Waals surface area contributed by atoms with Crippen molar-refractivity contribution in [3.63, 3.8) is 0 Å². The van der Waals surface area contributed by atoms with E-state index in [0.29, 0.717) is 19.3 Å². The molecule has 2 N–H and O–H groups in total. The second-order valence-corrected chi connectivity index (χ2v) is 5.97. The van der Waals surface area contributed by atoms with Crippen LogP contribution in [-0.2, 0) is 4.79 Å². The zero-order valence-corrected chi connectivity index (χ0v) is 14.5. The molecule has 5 nitrogen and oxygen atoms in total. The van der Waals surface area contributed by atoms with E-state index in [1.54, 1.807) is 0 Å². The fourth-order valence-corrected chi connectivity index (χ4v) is 2.44. The molecule has 2 atom stereocenters. The molecule has 0 heterocycles. The van der Waals surface area contributed by atoms with E-state index in [9.17, 15) is 4.79 Å². The van der Waals surface area contributed by atoms with Crippen molar-refractivity contribution in [1.29, 1.82) is 0 Å². The number of hydrogen-bond donors (Lipinski definition) is 2. The maximum absolute atomic E-state index is 12.1. The van der Waals surface area contributed by atoms with Crippen molar-refractivity contribution in [3.8, 4) is 11.5 Å². The number of carbonyl (C=O) groups is 1. The minimum atomic E-state index is -0.229. The highest BCUT2D eigenvalue weighted by Crippen LogP contribution is 2.30. The molecule has 0 radical (unpaired) electrons. The summed E-state index contributed by atoms with van der Waals surface area (Å²) in [6.07, 6.45) is 2.20. The van der Waals surface area contributed by atoms with Crippen LogP contribution in [0.4, 0.5) is 0 Å². The Morgan fingerprint density at radius 3 is 2.43 bits per heavy atom. The predicted octanol–water partition coefficient (Wildman–Crippen LogP) is 2.80. The largest absolute Gasteiger partial charge is 0.490 e. The van der Waals surface area contributed by atoms with E-state index in [-0.39, 0.29) is 18.0 Å². The number of hydrogen-bond acceptors (Lipinski definition) is 4. The quantitative estimate of drug-likeness (QED) is 0.734. The summed E-state index contributed by atoms with van der Waals surface area (Å²) in [6.45, 7) is 9.04. The Balaban J connectivity index is 2.00. The van der Waals surface area contributed by atoms with Crippen LogP contribution in [0, 0.1) is 0 Å². The van der Waals surface area contributed by atoms with Gasteiger partial charge in [-0.3, -0.25) is 10.1 Å². The normalized spacial score (nSPS) is 16.5. The molecule has 0 spiro atoms. The molecule has 1 aliphatic carbocycles. The van der Waals surface area contributed by atoms with Crippen LogP contribution in [0.5, 0.6) is 11.5 Å². The van der Waals surface area contributed by atoms with Crippen LogP contribution in [0.2, 0.25) is 0 Å². The van der Waals surface area contributed by atoms with Crippen molar-refractivity contribution in [1.82, 2.24) is 10.6 Å². The van der Waals surface area contributed by atoms with Crippen molar-refractivity contribution < 1.29 is 14.3 Å². The summed E-state index contributed by atoms with van der Waals surface area (Å²) in [5.74, 6) is 1.57. The fourth-order valence-electron chi connectivity index (χ4n) is 2.44. The van der Waals surface area contributed by atoms with Gasteiger partial charge in [-0.2, -0.15) is 0 Å². The van der Waals surface area contributed by atoms with Gasteiger partial charge in [-0.15, -0.1) is 0 Å². The summed E-state index contributed by atoms with van der Waals surface area (Å²) in [6, 6.07) is 6.13. The van der Waals surface area contributed by atoms with Gasteiger partial charge in [-0.1, -0.05) is 6.07 Å². The standard InChI is InChI=1S/C18H28N2O3/c1-5-22-16-10-7-14(11-17(16)23-6-2)12(3)19-13(4)18(21)20-15-8-9-15/h7,10-13,15,19H,5-6,8-9H2,1-4H3,(H,20,21)/t12-,13-/m1/s1. The Hall–Kier alpha value is -1.75. The number of nitrogens with one attached hydrogen (secondary N) is 2. The van der Waals surface area contributed by atoms with E-state index in [4.69, 9.17) is 9.47 Å². The monoisotopic (exact) mass is 320 g/mol. The lowest BCUT2D eigenvalue weighted by Gasteiger charge is -2.21. The molecular weight excluding hydrogens is 292 g/mol. The Morgan fingerprint density at radius 2 is 1.83 bits per heavy atom. The van der Waals surface area contributed by atoms with Gasteiger partial charge in [0.15, 0.2) is 11.5 Å². The lowest BCUT2D eigenvalue weighted by Crippen LogP contribution is -2.43. The molecule has 1 aromatic carbocycles. The van der Waals surface area contributed by atoms with Gasteiger partial charge in [0.2, 0.25) is 5.91 Å². The van der Waals surface area contributed by atoms with Crippen LogP contribution in [0.15, 0.2) is 18.2 Å². The molecular formula is C18H28N2O3. The first-order valence-electron chi connectivity index (χ1n) is 8.51. The highest BCUT2D eigenvalue weighted by atomic mass is 16.5. The molecule has 128 valence electrons. The Bertz CT molecular complexity index is 529. The molecule has 1 fully saturated rings. The summed E-state index contributed by atoms with van der Waals surface area (Å²) < 4.78 is 11.2. The molecule has 0 bridgehead atoms. The van der Waals surface area contributed by atoms with Crippen molar-refractivity contribution in [2.24, 2.45) is 0 Å². The summed E-state index contributed by atoms with van der Waals surface area (Å²) in [4.78, 5) is 12.1. The molecule has 1 aromatic rings. The Labute approximate surface area is 138 Å². The second-order valence-electron chi connectivity index (χ2n) is 5.97. The number of rotatable bonds is 9. The van der Waals surface area contributed by atoms with Crippen molar-refractivity contribution in [2.45, 2.75) is 58.7 Å². The lowest BCUT2D eigenvalue weighted by atomic mass is 10.1. The fraction of sp³-hybridized carbons (Fsp3) is 0.611. The third-order valence-corrected chi connectivity index (χ3v) is 3.88. The van der Waals surface area contributed by atoms with Gasteiger partial charge >= 0.3 is 0 Å². The first-order valence-corrected chi connectivity index (χ1v) is 8.51. The predicted molar refractivity (Wildman–Crippen MR) is 91.0 cm³/mol. The Kier molecular flexibility index (Phi) is 6.28. The summed E-state index contributed by atoms with van der Waals surface area (Å²) in [7, 11) is 0. The topological polar surface area (TPSA) is 59.6 Å². The number of ether oxygens (including phenoxy) is 2. The number of carbonyl (C=O) groups excluding carboxylic acids is 1. The third kappa shape index (κ3) is 5.13. The van der Waals surface area contributed by atoms with Gasteiger partial charge in [-0.25, -0.2) is 0 Å². The number of amides is 1. The van der Waals surface area contributed by atoms with Gasteiger partial charge in [0, 0.05) is 12.1 Å². The SMILES string of the molecule is CCOc1ccc([C@@H](C)N[C@H](C)C(=O)NC2CC2)cc1OCC. The average Bonchev–Trinajstić information content (AvgIpc) is 3.33. The molecule has 0 saturated heterocycles. The molecule has 5 heteroatoms. The van der Waals surface area contributed by atoms with E-state index >= 15 is 0 Å². The molecule has 1 aliphatic rings. The van der Waals surface area contributed by atoms with Gasteiger partial charge in [-0.05, 0) is 58.2 Å². The number of benzene rings is 1. The smallest absolute Gasteiger partial charge is 0.237 e. The molecule has 1 amide bonds. The molecule has 0 aliphatic heterocycles. The van der Waals surface area contributed by atoms with Crippen LogP contribution < -0.4 is 20.1 Å². The summed E-state index contributed by atoms with van der Waals surface area (Å²) >= 11 is 0. The second kappa shape index (κ2) is 8.20. The Morgan fingerprint density at radius 1 is 1.17 bits per heavy atom. The lowest BCUT2D eigenvalue weighted by molar-refractivity contribution is -0.123. The minimum Gasteiger partial charge on any atom is -0.490 e. The van der Waals surface area contributed by atoms with Crippen molar-refractivity contribution >= 4 is 5.91 Å². The zero-order valence-electron chi connectivity index (χ0n) is 14.5. The van der Waals surface area contributed by atoms with Crippen molar-refractivity contribution in [3.05, 3.63) is 23.8 Å². The molecule has 23 heavy (non-hydrogen) atoms. The highest BCUT2D eigenvalue weighted by Gasteiger charge is 2.26. The molecule has 0 aromatic heterocycles. The maximum atomic E-state index is 12.1. The average molecular weight is 320 g/mol. The van der Waals surface area contributed by atoms with Gasteiger partial charge in [0.05, 0.1) is 19.3 Å². The van der Waals surface area contributed by atoms with Gasteiger partial charge in [0.1, 0.15) is 0 Å². The summed E-state index contributed by atoms with van der Waals surface area (Å²) in [5.41, 5.74) is 1.07. The first kappa shape index (κ1) is 17.6. The highest BCUT2D eigenvalue weighted by molar-refractivity contribution is 5.81. The van der Waals surface area contributed by atoms with Crippen LogP contribution >= 0.6 is 0 Å². The third-order valence-electron chi connectivity index (χ3n) is 3.88. The van der Waals surface area contributed by atoms with E-state index in [0.717, 1.165) is 29.9 Å². The molecule has 2 rings (SSSR count). The van der Waals surface area contributed by atoms with E-state index in [1.165, 1.54) is 0 Å². The van der Waals surface area contributed by atoms with Gasteiger partial charge < -0.3 is 14.8 Å². The van der Waals surface area contributed by atoms with Gasteiger partial charge in [0.25, 0.3) is 0 Å². The first-order chi connectivity index (χ1) is 11.0.